The third-order valence-electron chi connectivity index (χ3n) is 2.91. The van der Waals surface area contributed by atoms with Gasteiger partial charge in [0.1, 0.15) is 18.8 Å². The maximum atomic E-state index is 10.4. The highest BCUT2D eigenvalue weighted by Gasteiger charge is 2.24. The first kappa shape index (κ1) is 15.9. The van der Waals surface area contributed by atoms with Gasteiger partial charge in [-0.25, -0.2) is 4.98 Å². The maximum absolute atomic E-state index is 10.4. The van der Waals surface area contributed by atoms with Gasteiger partial charge in [0.2, 0.25) is 0 Å². The van der Waals surface area contributed by atoms with Crippen LogP contribution in [0.5, 0.6) is 5.75 Å². The molecule has 3 N–H and O–H groups in total. The lowest BCUT2D eigenvalue weighted by atomic mass is 9.89. The minimum atomic E-state index is -0.141. The number of nitrogens with one attached hydrogen (secondary N) is 2. The third-order valence-corrected chi connectivity index (χ3v) is 2.91. The second kappa shape index (κ2) is 5.88. The Morgan fingerprint density at radius 2 is 1.58 bits per heavy atom. The van der Waals surface area contributed by atoms with Gasteiger partial charge in [0, 0.05) is 5.41 Å². The molecule has 0 atom stereocenters. The average molecular weight is 267 g/mol. The highest BCUT2D eigenvalue weighted by Crippen LogP contribution is 2.31. The van der Waals surface area contributed by atoms with Crippen LogP contribution in [0.3, 0.4) is 0 Å². The van der Waals surface area contributed by atoms with Crippen LogP contribution in [0.4, 0.5) is 0 Å². The first-order valence-electron chi connectivity index (χ1n) is 6.91. The van der Waals surface area contributed by atoms with Gasteiger partial charge in [-0.2, -0.15) is 0 Å². The monoisotopic (exact) mass is 267 g/mol. The molecule has 0 aliphatic rings. The van der Waals surface area contributed by atoms with E-state index in [1.165, 1.54) is 9.80 Å². The topological polar surface area (TPSA) is 42.0 Å². The van der Waals surface area contributed by atoms with Gasteiger partial charge in [0.25, 0.3) is 0 Å². The van der Waals surface area contributed by atoms with Crippen LogP contribution in [0, 0.1) is 0 Å². The average Bonchev–Trinajstić information content (AvgIpc) is 2.19. The van der Waals surface area contributed by atoms with E-state index >= 15 is 0 Å². The molecule has 1 heterocycles. The van der Waals surface area contributed by atoms with Gasteiger partial charge < -0.3 is 14.9 Å². The van der Waals surface area contributed by atoms with Crippen molar-refractivity contribution in [3.63, 3.8) is 0 Å². The summed E-state index contributed by atoms with van der Waals surface area (Å²) in [7, 11) is 8.41. The van der Waals surface area contributed by atoms with Gasteiger partial charge in [0.05, 0.1) is 45.1 Å². The molecule has 0 amide bonds. The number of hydrogen-bond donors (Lipinski definition) is 3. The number of quaternary nitrogens is 2. The highest BCUT2D eigenvalue weighted by molar-refractivity contribution is 5.40. The summed E-state index contributed by atoms with van der Waals surface area (Å²) in [6.45, 7) is 7.96. The number of rotatable bonds is 4. The second-order valence-electron chi connectivity index (χ2n) is 6.99. The summed E-state index contributed by atoms with van der Waals surface area (Å²) >= 11 is 0. The van der Waals surface area contributed by atoms with E-state index in [0.29, 0.717) is 5.75 Å². The minimum absolute atomic E-state index is 0.141. The molecule has 0 aliphatic carbocycles. The predicted octanol–water partition coefficient (Wildman–Crippen LogP) is -0.626. The van der Waals surface area contributed by atoms with E-state index in [0.717, 1.165) is 30.0 Å². The van der Waals surface area contributed by atoms with E-state index in [1.807, 2.05) is 6.07 Å². The lowest BCUT2D eigenvalue weighted by Gasteiger charge is -2.22. The number of nitrogens with zero attached hydrogens (tertiary/aromatic N) is 1. The van der Waals surface area contributed by atoms with Crippen molar-refractivity contribution < 1.29 is 14.9 Å². The second-order valence-corrected chi connectivity index (χ2v) is 6.99. The fraction of sp³-hybridized carbons (Fsp3) is 0.667. The van der Waals surface area contributed by atoms with E-state index in [4.69, 9.17) is 0 Å². The summed E-state index contributed by atoms with van der Waals surface area (Å²) in [5.74, 6) is 0.367. The zero-order valence-electron chi connectivity index (χ0n) is 13.4. The molecule has 4 heteroatoms. The minimum Gasteiger partial charge on any atom is -0.505 e. The highest BCUT2D eigenvalue weighted by atomic mass is 16.3. The van der Waals surface area contributed by atoms with Crippen LogP contribution in [0.15, 0.2) is 6.07 Å². The SMILES string of the molecule is C[NH+](C)Cc1cc(C[NH+](C)C)c(O)c(C(C)(C)C)n1. The Hall–Kier alpha value is -1.13. The summed E-state index contributed by atoms with van der Waals surface area (Å²) in [6.07, 6.45) is 0. The molecule has 0 radical (unpaired) electrons. The van der Waals surface area contributed by atoms with Crippen LogP contribution in [0.1, 0.15) is 37.7 Å². The van der Waals surface area contributed by atoms with Crippen molar-refractivity contribution in [2.24, 2.45) is 0 Å². The molecule has 1 aromatic rings. The Balaban J connectivity index is 3.30. The van der Waals surface area contributed by atoms with Crippen molar-refractivity contribution in [1.82, 2.24) is 4.98 Å². The molecule has 1 rings (SSSR count). The van der Waals surface area contributed by atoms with Crippen molar-refractivity contribution in [2.75, 3.05) is 28.2 Å². The standard InChI is InChI=1S/C15H27N3O/c1-15(2,3)14-13(19)11(9-17(4)5)8-12(16-14)10-18(6)7/h8,19H,9-10H2,1-7H3/p+2. The van der Waals surface area contributed by atoms with Crippen molar-refractivity contribution in [3.8, 4) is 5.75 Å². The fourth-order valence-corrected chi connectivity index (χ4v) is 2.14. The number of hydrogen-bond acceptors (Lipinski definition) is 2. The summed E-state index contributed by atoms with van der Waals surface area (Å²) < 4.78 is 0. The van der Waals surface area contributed by atoms with Gasteiger partial charge in [-0.15, -0.1) is 0 Å². The Morgan fingerprint density at radius 3 is 2.00 bits per heavy atom. The van der Waals surface area contributed by atoms with Gasteiger partial charge >= 0.3 is 0 Å². The van der Waals surface area contributed by atoms with Gasteiger partial charge in [0.15, 0.2) is 0 Å². The molecule has 108 valence electrons. The number of aromatic hydroxyl groups is 1. The molecule has 0 bridgehead atoms. The quantitative estimate of drug-likeness (QED) is 0.680. The third kappa shape index (κ3) is 4.48. The van der Waals surface area contributed by atoms with Crippen molar-refractivity contribution >= 4 is 0 Å². The normalized spacial score (nSPS) is 12.5. The zero-order chi connectivity index (χ0) is 14.8. The fourth-order valence-electron chi connectivity index (χ4n) is 2.14. The van der Waals surface area contributed by atoms with Gasteiger partial charge in [-0.1, -0.05) is 20.8 Å². The molecule has 19 heavy (non-hydrogen) atoms. The van der Waals surface area contributed by atoms with Crippen molar-refractivity contribution in [1.29, 1.82) is 0 Å². The molecule has 0 aromatic carbocycles. The summed E-state index contributed by atoms with van der Waals surface area (Å²) in [5, 5.41) is 10.4. The van der Waals surface area contributed by atoms with E-state index in [1.54, 1.807) is 0 Å². The maximum Gasteiger partial charge on any atom is 0.146 e. The summed E-state index contributed by atoms with van der Waals surface area (Å²) in [6, 6.07) is 2.05. The number of pyridine rings is 1. The Labute approximate surface area is 117 Å². The van der Waals surface area contributed by atoms with E-state index in [2.05, 4.69) is 53.9 Å². The predicted molar refractivity (Wildman–Crippen MR) is 77.6 cm³/mol. The molecule has 1 aromatic heterocycles. The smallest absolute Gasteiger partial charge is 0.146 e. The Bertz CT molecular complexity index is 434. The van der Waals surface area contributed by atoms with E-state index < -0.39 is 0 Å². The summed E-state index contributed by atoms with van der Waals surface area (Å²) in [5.41, 5.74) is 2.72. The van der Waals surface area contributed by atoms with Gasteiger partial charge in [-0.3, -0.25) is 0 Å². The lowest BCUT2D eigenvalue weighted by Crippen LogP contribution is -3.04. The molecule has 0 fully saturated rings. The first-order valence-corrected chi connectivity index (χ1v) is 6.91. The van der Waals surface area contributed by atoms with Crippen LogP contribution in [-0.2, 0) is 18.5 Å². The molecule has 4 nitrogen and oxygen atoms in total. The summed E-state index contributed by atoms with van der Waals surface area (Å²) in [4.78, 5) is 7.30. The van der Waals surface area contributed by atoms with Crippen LogP contribution < -0.4 is 9.80 Å². The van der Waals surface area contributed by atoms with Crippen LogP contribution in [-0.4, -0.2) is 38.3 Å². The van der Waals surface area contributed by atoms with E-state index in [9.17, 15) is 5.11 Å². The van der Waals surface area contributed by atoms with Crippen molar-refractivity contribution in [3.05, 3.63) is 23.0 Å². The molecule has 0 spiro atoms. The zero-order valence-corrected chi connectivity index (χ0v) is 13.4. The first-order chi connectivity index (χ1) is 8.61. The van der Waals surface area contributed by atoms with Crippen LogP contribution in [0.2, 0.25) is 0 Å². The van der Waals surface area contributed by atoms with Crippen LogP contribution >= 0.6 is 0 Å². The Kier molecular flexibility index (Phi) is 4.93. The van der Waals surface area contributed by atoms with Crippen LogP contribution in [0.25, 0.3) is 0 Å². The Morgan fingerprint density at radius 1 is 1.05 bits per heavy atom. The molecular formula is C15H29N3O+2. The molecule has 0 unspecified atom stereocenters. The molecular weight excluding hydrogens is 238 g/mol. The lowest BCUT2D eigenvalue weighted by molar-refractivity contribution is -0.873. The molecule has 0 saturated heterocycles. The number of aromatic nitrogens is 1. The molecule has 0 saturated carbocycles. The van der Waals surface area contributed by atoms with E-state index in [-0.39, 0.29) is 5.41 Å². The van der Waals surface area contributed by atoms with Gasteiger partial charge in [-0.05, 0) is 6.07 Å². The molecule has 0 aliphatic heterocycles. The van der Waals surface area contributed by atoms with Crippen molar-refractivity contribution in [2.45, 2.75) is 39.3 Å². The largest absolute Gasteiger partial charge is 0.505 e.